The maximum Gasteiger partial charge on any atom is 0.0701 e. The average molecular weight is 527 g/mol. The van der Waals surface area contributed by atoms with E-state index >= 15 is 0 Å². The van der Waals surface area contributed by atoms with E-state index in [0.717, 1.165) is 6.42 Å². The monoisotopic (exact) mass is 526 g/mol. The zero-order valence-electron chi connectivity index (χ0n) is 23.2. The van der Waals surface area contributed by atoms with E-state index < -0.39 is 5.41 Å². The SMILES string of the molecule is C=CCc1ccc(C(c2ccccc2)c2ccc(C(c3ccccc3)(c3ccccc3)c3ccccc3)cc2)cc1. The van der Waals surface area contributed by atoms with Crippen molar-refractivity contribution < 1.29 is 0 Å². The molecule has 0 heterocycles. The summed E-state index contributed by atoms with van der Waals surface area (Å²) in [5.41, 5.74) is 9.69. The van der Waals surface area contributed by atoms with Crippen molar-refractivity contribution in [3.8, 4) is 0 Å². The lowest BCUT2D eigenvalue weighted by Gasteiger charge is -2.37. The van der Waals surface area contributed by atoms with E-state index in [1.807, 2.05) is 6.08 Å². The summed E-state index contributed by atoms with van der Waals surface area (Å²) in [6, 6.07) is 61.8. The first-order valence-electron chi connectivity index (χ1n) is 14.3. The highest BCUT2D eigenvalue weighted by Crippen LogP contribution is 2.45. The number of allylic oxidation sites excluding steroid dienone is 1. The van der Waals surface area contributed by atoms with Gasteiger partial charge in [0.15, 0.2) is 0 Å². The second-order valence-corrected chi connectivity index (χ2v) is 10.5. The molecule has 0 aromatic heterocycles. The van der Waals surface area contributed by atoms with Crippen molar-refractivity contribution in [3.63, 3.8) is 0 Å². The molecule has 6 aromatic carbocycles. The Morgan fingerprint density at radius 1 is 0.415 bits per heavy atom. The first kappa shape index (κ1) is 26.3. The Morgan fingerprint density at radius 2 is 0.756 bits per heavy atom. The fourth-order valence-electron chi connectivity index (χ4n) is 6.23. The Hall–Kier alpha value is -4.94. The largest absolute Gasteiger partial charge is 0.103 e. The molecule has 0 nitrogen and oxygen atoms in total. The van der Waals surface area contributed by atoms with E-state index in [1.54, 1.807) is 0 Å². The van der Waals surface area contributed by atoms with Crippen LogP contribution in [0.4, 0.5) is 0 Å². The van der Waals surface area contributed by atoms with Gasteiger partial charge in [0, 0.05) is 5.92 Å². The summed E-state index contributed by atoms with van der Waals surface area (Å²) in [7, 11) is 0. The van der Waals surface area contributed by atoms with Crippen LogP contribution in [0.1, 0.15) is 50.4 Å². The lowest BCUT2D eigenvalue weighted by Crippen LogP contribution is -2.31. The first-order valence-corrected chi connectivity index (χ1v) is 14.3. The second-order valence-electron chi connectivity index (χ2n) is 10.5. The Morgan fingerprint density at radius 3 is 1.17 bits per heavy atom. The van der Waals surface area contributed by atoms with Crippen molar-refractivity contribution in [3.05, 3.63) is 227 Å². The van der Waals surface area contributed by atoms with Crippen molar-refractivity contribution in [1.29, 1.82) is 0 Å². The van der Waals surface area contributed by atoms with Crippen LogP contribution < -0.4 is 0 Å². The molecule has 0 fully saturated rings. The van der Waals surface area contributed by atoms with Gasteiger partial charge in [0.2, 0.25) is 0 Å². The highest BCUT2D eigenvalue weighted by atomic mass is 14.4. The van der Waals surface area contributed by atoms with Crippen LogP contribution in [0.2, 0.25) is 0 Å². The summed E-state index contributed by atoms with van der Waals surface area (Å²) in [6.07, 6.45) is 2.84. The molecule has 41 heavy (non-hydrogen) atoms. The zero-order valence-corrected chi connectivity index (χ0v) is 23.2. The molecule has 0 saturated carbocycles. The fraction of sp³-hybridized carbons (Fsp3) is 0.0732. The Labute approximate surface area is 244 Å². The Bertz CT molecular complexity index is 1570. The summed E-state index contributed by atoms with van der Waals surface area (Å²) in [5, 5.41) is 0. The second kappa shape index (κ2) is 12.1. The van der Waals surface area contributed by atoms with Gasteiger partial charge < -0.3 is 0 Å². The predicted molar refractivity (Wildman–Crippen MR) is 172 cm³/mol. The molecule has 0 aliphatic carbocycles. The van der Waals surface area contributed by atoms with Gasteiger partial charge in [-0.3, -0.25) is 0 Å². The van der Waals surface area contributed by atoms with E-state index in [-0.39, 0.29) is 5.92 Å². The summed E-state index contributed by atoms with van der Waals surface area (Å²) in [4.78, 5) is 0. The van der Waals surface area contributed by atoms with E-state index in [4.69, 9.17) is 0 Å². The molecule has 0 aliphatic rings. The fourth-order valence-corrected chi connectivity index (χ4v) is 6.23. The van der Waals surface area contributed by atoms with Crippen LogP contribution in [0.25, 0.3) is 0 Å². The minimum absolute atomic E-state index is 0.141. The number of hydrogen-bond acceptors (Lipinski definition) is 0. The normalized spacial score (nSPS) is 12.0. The number of rotatable bonds is 9. The number of hydrogen-bond donors (Lipinski definition) is 0. The molecule has 0 saturated heterocycles. The lowest BCUT2D eigenvalue weighted by molar-refractivity contribution is 0.744. The van der Waals surface area contributed by atoms with Crippen LogP contribution in [0.15, 0.2) is 183 Å². The quantitative estimate of drug-likeness (QED) is 0.130. The van der Waals surface area contributed by atoms with Crippen LogP contribution >= 0.6 is 0 Å². The van der Waals surface area contributed by atoms with Gasteiger partial charge in [-0.05, 0) is 50.9 Å². The molecule has 1 atom stereocenters. The molecule has 0 heteroatoms. The molecule has 6 aromatic rings. The topological polar surface area (TPSA) is 0 Å². The third-order valence-corrected chi connectivity index (χ3v) is 8.12. The lowest BCUT2D eigenvalue weighted by atomic mass is 9.65. The zero-order chi connectivity index (χ0) is 27.9. The summed E-state index contributed by atoms with van der Waals surface area (Å²) < 4.78 is 0. The van der Waals surface area contributed by atoms with Crippen molar-refractivity contribution in [1.82, 2.24) is 0 Å². The minimum atomic E-state index is -0.448. The maximum absolute atomic E-state index is 3.90. The van der Waals surface area contributed by atoms with E-state index in [2.05, 4.69) is 176 Å². The molecule has 198 valence electrons. The summed E-state index contributed by atoms with van der Waals surface area (Å²) >= 11 is 0. The van der Waals surface area contributed by atoms with E-state index in [0.29, 0.717) is 0 Å². The van der Waals surface area contributed by atoms with Gasteiger partial charge in [0.25, 0.3) is 0 Å². The molecule has 6 rings (SSSR count). The van der Waals surface area contributed by atoms with Crippen molar-refractivity contribution >= 4 is 0 Å². The van der Waals surface area contributed by atoms with Crippen LogP contribution in [-0.2, 0) is 11.8 Å². The van der Waals surface area contributed by atoms with Gasteiger partial charge in [0.1, 0.15) is 0 Å². The first-order chi connectivity index (χ1) is 20.3. The van der Waals surface area contributed by atoms with Gasteiger partial charge in [0.05, 0.1) is 5.41 Å². The molecular formula is C41H34. The van der Waals surface area contributed by atoms with Crippen LogP contribution in [0, 0.1) is 0 Å². The minimum Gasteiger partial charge on any atom is -0.103 e. The maximum atomic E-state index is 3.90. The molecule has 0 bridgehead atoms. The standard InChI is InChI=1S/C41H34/c1-2-15-32-24-26-34(27-25-32)40(33-16-7-3-8-17-33)35-28-30-39(31-29-35)41(36-18-9-4-10-19-36,37-20-11-5-12-21-37)38-22-13-6-14-23-38/h2-14,16-31,40H,1,15H2. The molecular weight excluding hydrogens is 492 g/mol. The molecule has 0 radical (unpaired) electrons. The van der Waals surface area contributed by atoms with E-state index in [1.165, 1.54) is 44.5 Å². The summed E-state index contributed by atoms with van der Waals surface area (Å²) in [6.45, 7) is 3.90. The molecule has 0 aliphatic heterocycles. The number of benzene rings is 6. The van der Waals surface area contributed by atoms with Gasteiger partial charge in [-0.2, -0.15) is 0 Å². The summed E-state index contributed by atoms with van der Waals surface area (Å²) in [5.74, 6) is 0.141. The Balaban J connectivity index is 1.53. The van der Waals surface area contributed by atoms with Crippen molar-refractivity contribution in [2.45, 2.75) is 17.8 Å². The molecule has 0 spiro atoms. The van der Waals surface area contributed by atoms with Gasteiger partial charge >= 0.3 is 0 Å². The van der Waals surface area contributed by atoms with Crippen molar-refractivity contribution in [2.24, 2.45) is 0 Å². The molecule has 0 N–H and O–H groups in total. The van der Waals surface area contributed by atoms with Gasteiger partial charge in [-0.1, -0.05) is 176 Å². The highest BCUT2D eigenvalue weighted by Gasteiger charge is 2.38. The predicted octanol–water partition coefficient (Wildman–Crippen LogP) is 9.98. The van der Waals surface area contributed by atoms with Gasteiger partial charge in [-0.25, -0.2) is 0 Å². The van der Waals surface area contributed by atoms with Crippen LogP contribution in [0.5, 0.6) is 0 Å². The average Bonchev–Trinajstić information content (AvgIpc) is 3.05. The van der Waals surface area contributed by atoms with E-state index in [9.17, 15) is 0 Å². The van der Waals surface area contributed by atoms with Crippen LogP contribution in [0.3, 0.4) is 0 Å². The Kier molecular flexibility index (Phi) is 7.74. The van der Waals surface area contributed by atoms with Crippen LogP contribution in [-0.4, -0.2) is 0 Å². The van der Waals surface area contributed by atoms with Gasteiger partial charge in [-0.15, -0.1) is 6.58 Å². The van der Waals surface area contributed by atoms with Crippen molar-refractivity contribution in [2.75, 3.05) is 0 Å². The third-order valence-electron chi connectivity index (χ3n) is 8.12. The molecule has 0 amide bonds. The molecule has 1 unspecified atom stereocenters. The third kappa shape index (κ3) is 5.17. The smallest absolute Gasteiger partial charge is 0.0701 e. The highest BCUT2D eigenvalue weighted by molar-refractivity contribution is 5.60.